The zero-order valence-electron chi connectivity index (χ0n) is 11.5. The molecule has 0 bridgehead atoms. The standard InChI is InChI=1S/C15H17N3O2/c1-2-6-12(19)14-16-15-13(11-7-4-3-5-8-11)20-10-9-18(15)17-14/h3-5,7-8,13H,2,6,9-10H2,1H3. The molecule has 0 N–H and O–H groups in total. The monoisotopic (exact) mass is 271 g/mol. The molecule has 1 aliphatic rings. The Balaban J connectivity index is 1.95. The molecule has 1 aliphatic heterocycles. The Morgan fingerprint density at radius 1 is 1.40 bits per heavy atom. The van der Waals surface area contributed by atoms with Crippen molar-refractivity contribution in [3.05, 3.63) is 47.5 Å². The van der Waals surface area contributed by atoms with E-state index in [0.29, 0.717) is 25.4 Å². The van der Waals surface area contributed by atoms with Crippen LogP contribution in [0.4, 0.5) is 0 Å². The summed E-state index contributed by atoms with van der Waals surface area (Å²) in [5.41, 5.74) is 1.04. The topological polar surface area (TPSA) is 57.0 Å². The maximum atomic E-state index is 11.9. The normalized spacial score (nSPS) is 17.8. The van der Waals surface area contributed by atoms with Gasteiger partial charge in [0, 0.05) is 6.42 Å². The maximum Gasteiger partial charge on any atom is 0.217 e. The number of fused-ring (bicyclic) bond motifs is 1. The van der Waals surface area contributed by atoms with Crippen LogP contribution in [-0.4, -0.2) is 27.2 Å². The Labute approximate surface area is 117 Å². The Kier molecular flexibility index (Phi) is 3.60. The molecule has 0 fully saturated rings. The van der Waals surface area contributed by atoms with Crippen LogP contribution in [0, 0.1) is 0 Å². The molecule has 104 valence electrons. The number of ether oxygens (including phenoxy) is 1. The number of rotatable bonds is 4. The summed E-state index contributed by atoms with van der Waals surface area (Å²) in [7, 11) is 0. The van der Waals surface area contributed by atoms with E-state index >= 15 is 0 Å². The molecule has 1 aromatic carbocycles. The molecule has 1 unspecified atom stereocenters. The number of hydrogen-bond donors (Lipinski definition) is 0. The zero-order valence-corrected chi connectivity index (χ0v) is 11.5. The molecule has 0 saturated heterocycles. The summed E-state index contributed by atoms with van der Waals surface area (Å²) in [5, 5.41) is 4.32. The van der Waals surface area contributed by atoms with Gasteiger partial charge in [-0.1, -0.05) is 37.3 Å². The first-order chi connectivity index (χ1) is 9.79. The number of aromatic nitrogens is 3. The highest BCUT2D eigenvalue weighted by molar-refractivity contribution is 5.92. The third-order valence-corrected chi connectivity index (χ3v) is 3.35. The Hall–Kier alpha value is -2.01. The fourth-order valence-corrected chi connectivity index (χ4v) is 2.37. The highest BCUT2D eigenvalue weighted by atomic mass is 16.5. The molecule has 5 nitrogen and oxygen atoms in total. The van der Waals surface area contributed by atoms with Crippen LogP contribution < -0.4 is 0 Å². The van der Waals surface area contributed by atoms with Gasteiger partial charge in [-0.15, -0.1) is 5.10 Å². The van der Waals surface area contributed by atoms with Crippen LogP contribution in [0.25, 0.3) is 0 Å². The van der Waals surface area contributed by atoms with Crippen molar-refractivity contribution in [2.45, 2.75) is 32.4 Å². The third-order valence-electron chi connectivity index (χ3n) is 3.35. The van der Waals surface area contributed by atoms with Crippen molar-refractivity contribution in [2.24, 2.45) is 0 Å². The number of Topliss-reactive ketones (excluding diaryl/α,β-unsaturated/α-hetero) is 1. The van der Waals surface area contributed by atoms with Crippen LogP contribution in [0.2, 0.25) is 0 Å². The number of ketones is 1. The van der Waals surface area contributed by atoms with E-state index < -0.39 is 0 Å². The van der Waals surface area contributed by atoms with E-state index in [1.54, 1.807) is 4.68 Å². The lowest BCUT2D eigenvalue weighted by atomic mass is 10.1. The minimum atomic E-state index is -0.236. The van der Waals surface area contributed by atoms with Gasteiger partial charge in [0.15, 0.2) is 5.82 Å². The second-order valence-corrected chi connectivity index (χ2v) is 4.85. The first-order valence-electron chi connectivity index (χ1n) is 6.94. The predicted molar refractivity (Wildman–Crippen MR) is 73.5 cm³/mol. The van der Waals surface area contributed by atoms with Gasteiger partial charge < -0.3 is 4.74 Å². The molecule has 20 heavy (non-hydrogen) atoms. The van der Waals surface area contributed by atoms with Crippen LogP contribution in [-0.2, 0) is 11.3 Å². The molecule has 3 rings (SSSR count). The van der Waals surface area contributed by atoms with E-state index in [1.807, 2.05) is 37.3 Å². The Morgan fingerprint density at radius 2 is 2.20 bits per heavy atom. The number of carbonyl (C=O) groups excluding carboxylic acids is 1. The van der Waals surface area contributed by atoms with E-state index in [4.69, 9.17) is 4.74 Å². The maximum absolute atomic E-state index is 11.9. The van der Waals surface area contributed by atoms with Gasteiger partial charge in [0.2, 0.25) is 11.6 Å². The van der Waals surface area contributed by atoms with E-state index in [2.05, 4.69) is 10.1 Å². The lowest BCUT2D eigenvalue weighted by Gasteiger charge is -2.22. The van der Waals surface area contributed by atoms with Gasteiger partial charge in [0.1, 0.15) is 6.10 Å². The van der Waals surface area contributed by atoms with Gasteiger partial charge in [0.25, 0.3) is 0 Å². The van der Waals surface area contributed by atoms with Gasteiger partial charge in [-0.05, 0) is 12.0 Å². The first-order valence-corrected chi connectivity index (χ1v) is 6.94. The SMILES string of the molecule is CCCC(=O)c1nc2n(n1)CCOC2c1ccccc1. The minimum Gasteiger partial charge on any atom is -0.364 e. The third kappa shape index (κ3) is 2.36. The van der Waals surface area contributed by atoms with Gasteiger partial charge in [0.05, 0.1) is 13.2 Å². The molecule has 0 amide bonds. The second-order valence-electron chi connectivity index (χ2n) is 4.85. The van der Waals surface area contributed by atoms with Crippen LogP contribution in [0.5, 0.6) is 0 Å². The summed E-state index contributed by atoms with van der Waals surface area (Å²) in [4.78, 5) is 16.3. The second kappa shape index (κ2) is 5.54. The molecule has 1 atom stereocenters. The predicted octanol–water partition coefficient (Wildman–Crippen LogP) is 2.38. The molecule has 0 aliphatic carbocycles. The average molecular weight is 271 g/mol. The van der Waals surface area contributed by atoms with Crippen molar-refractivity contribution in [1.29, 1.82) is 0 Å². The fraction of sp³-hybridized carbons (Fsp3) is 0.400. The van der Waals surface area contributed by atoms with Gasteiger partial charge in [-0.3, -0.25) is 4.79 Å². The summed E-state index contributed by atoms with van der Waals surface area (Å²) in [6.07, 6.45) is 1.06. The quantitative estimate of drug-likeness (QED) is 0.801. The molecule has 5 heteroatoms. The molecule has 2 heterocycles. The molecule has 2 aromatic rings. The van der Waals surface area contributed by atoms with E-state index in [1.165, 1.54) is 0 Å². The summed E-state index contributed by atoms with van der Waals surface area (Å²) in [6, 6.07) is 9.91. The number of benzene rings is 1. The minimum absolute atomic E-state index is 0.00112. The Morgan fingerprint density at radius 3 is 2.95 bits per heavy atom. The van der Waals surface area contributed by atoms with Crippen molar-refractivity contribution in [1.82, 2.24) is 14.8 Å². The zero-order chi connectivity index (χ0) is 13.9. The van der Waals surface area contributed by atoms with Crippen molar-refractivity contribution < 1.29 is 9.53 Å². The number of carbonyl (C=O) groups is 1. The van der Waals surface area contributed by atoms with Gasteiger partial charge >= 0.3 is 0 Å². The van der Waals surface area contributed by atoms with Crippen molar-refractivity contribution in [3.8, 4) is 0 Å². The fourth-order valence-electron chi connectivity index (χ4n) is 2.37. The highest BCUT2D eigenvalue weighted by Crippen LogP contribution is 2.27. The van der Waals surface area contributed by atoms with Gasteiger partial charge in [-0.25, -0.2) is 9.67 Å². The average Bonchev–Trinajstić information content (AvgIpc) is 2.92. The summed E-state index contributed by atoms with van der Waals surface area (Å²) >= 11 is 0. The summed E-state index contributed by atoms with van der Waals surface area (Å²) < 4.78 is 7.60. The molecule has 0 spiro atoms. The summed E-state index contributed by atoms with van der Waals surface area (Å²) in [5.74, 6) is 1.04. The lowest BCUT2D eigenvalue weighted by Crippen LogP contribution is -2.23. The lowest BCUT2D eigenvalue weighted by molar-refractivity contribution is 0.0389. The van der Waals surface area contributed by atoms with E-state index in [9.17, 15) is 4.79 Å². The molecule has 0 saturated carbocycles. The smallest absolute Gasteiger partial charge is 0.217 e. The van der Waals surface area contributed by atoms with Crippen LogP contribution in [0.3, 0.4) is 0 Å². The molecule has 0 radical (unpaired) electrons. The highest BCUT2D eigenvalue weighted by Gasteiger charge is 2.27. The van der Waals surface area contributed by atoms with Crippen molar-refractivity contribution >= 4 is 5.78 Å². The summed E-state index contributed by atoms with van der Waals surface area (Å²) in [6.45, 7) is 3.20. The van der Waals surface area contributed by atoms with Crippen LogP contribution in [0.1, 0.15) is 47.9 Å². The Bertz CT molecular complexity index is 607. The first kappa shape index (κ1) is 13.0. The van der Waals surface area contributed by atoms with E-state index in [-0.39, 0.29) is 11.9 Å². The largest absolute Gasteiger partial charge is 0.364 e. The van der Waals surface area contributed by atoms with E-state index in [0.717, 1.165) is 17.8 Å². The van der Waals surface area contributed by atoms with Crippen molar-refractivity contribution in [2.75, 3.05) is 6.61 Å². The number of hydrogen-bond acceptors (Lipinski definition) is 4. The molecular weight excluding hydrogens is 254 g/mol. The molecular formula is C15H17N3O2. The van der Waals surface area contributed by atoms with Crippen molar-refractivity contribution in [3.63, 3.8) is 0 Å². The van der Waals surface area contributed by atoms with Gasteiger partial charge in [-0.2, -0.15) is 0 Å². The molecule has 1 aromatic heterocycles. The van der Waals surface area contributed by atoms with Crippen LogP contribution >= 0.6 is 0 Å². The van der Waals surface area contributed by atoms with Crippen LogP contribution in [0.15, 0.2) is 30.3 Å². The number of nitrogens with zero attached hydrogens (tertiary/aromatic N) is 3.